The number of carbonyl (C=O) groups excluding carboxylic acids is 4. The second-order valence-corrected chi connectivity index (χ2v) is 8.07. The van der Waals surface area contributed by atoms with Crippen LogP contribution in [0.3, 0.4) is 0 Å². The van der Waals surface area contributed by atoms with Crippen LogP contribution in [-0.4, -0.2) is 75.6 Å². The van der Waals surface area contributed by atoms with E-state index in [1.54, 1.807) is 12.3 Å². The number of para-hydroxylation sites is 1. The largest absolute Gasteiger partial charge is 0.480 e. The first kappa shape index (κ1) is 27.3. The maximum atomic E-state index is 12.9. The summed E-state index contributed by atoms with van der Waals surface area (Å²) in [5, 5.41) is 26.8. The van der Waals surface area contributed by atoms with Crippen LogP contribution in [0.15, 0.2) is 30.5 Å². The van der Waals surface area contributed by atoms with E-state index >= 15 is 0 Å². The number of fused-ring (bicyclic) bond motifs is 1. The zero-order chi connectivity index (χ0) is 26.1. The summed E-state index contributed by atoms with van der Waals surface area (Å²) in [6, 6.07) is 3.43. The minimum Gasteiger partial charge on any atom is -0.480 e. The van der Waals surface area contributed by atoms with Gasteiger partial charge in [0.25, 0.3) is 0 Å². The van der Waals surface area contributed by atoms with Crippen molar-refractivity contribution in [2.24, 2.45) is 11.5 Å². The molecule has 0 radical (unpaired) electrons. The van der Waals surface area contributed by atoms with Crippen LogP contribution in [0, 0.1) is 0 Å². The minimum absolute atomic E-state index is 0.000191. The van der Waals surface area contributed by atoms with Gasteiger partial charge in [-0.25, -0.2) is 0 Å². The number of nitrogens with one attached hydrogen (secondary N) is 4. The van der Waals surface area contributed by atoms with Crippen molar-refractivity contribution < 1.29 is 34.2 Å². The van der Waals surface area contributed by atoms with E-state index in [-0.39, 0.29) is 19.3 Å². The zero-order valence-electron chi connectivity index (χ0n) is 19.1. The molecule has 35 heavy (non-hydrogen) atoms. The van der Waals surface area contributed by atoms with Crippen LogP contribution in [0.5, 0.6) is 0 Å². The highest BCUT2D eigenvalue weighted by atomic mass is 16.4. The summed E-state index contributed by atoms with van der Waals surface area (Å²) in [4.78, 5) is 62.9. The third-order valence-electron chi connectivity index (χ3n) is 5.25. The van der Waals surface area contributed by atoms with E-state index in [1.165, 1.54) is 6.92 Å². The molecule has 0 saturated carbocycles. The Morgan fingerprint density at radius 1 is 1.06 bits per heavy atom. The smallest absolute Gasteiger partial charge is 0.322 e. The number of carboxylic acid groups (broad SMARTS) is 1. The first-order valence-electron chi connectivity index (χ1n) is 10.9. The van der Waals surface area contributed by atoms with Gasteiger partial charge in [0.15, 0.2) is 0 Å². The molecule has 2 aromatic rings. The summed E-state index contributed by atoms with van der Waals surface area (Å²) in [5.41, 5.74) is 12.3. The van der Waals surface area contributed by atoms with Gasteiger partial charge in [0, 0.05) is 29.9 Å². The van der Waals surface area contributed by atoms with E-state index in [2.05, 4.69) is 20.9 Å². The molecule has 1 aromatic heterocycles. The molecule has 0 spiro atoms. The Bertz CT molecular complexity index is 1080. The maximum Gasteiger partial charge on any atom is 0.322 e. The summed E-state index contributed by atoms with van der Waals surface area (Å²) in [6.45, 7) is 0.600. The van der Waals surface area contributed by atoms with Gasteiger partial charge < -0.3 is 42.6 Å². The lowest BCUT2D eigenvalue weighted by Gasteiger charge is -2.25. The molecule has 13 nitrogen and oxygen atoms in total. The predicted molar refractivity (Wildman–Crippen MR) is 125 cm³/mol. The van der Waals surface area contributed by atoms with E-state index in [4.69, 9.17) is 16.6 Å². The first-order chi connectivity index (χ1) is 16.5. The molecule has 1 aromatic carbocycles. The van der Waals surface area contributed by atoms with Crippen molar-refractivity contribution in [3.8, 4) is 0 Å². The SMILES string of the molecule is CC(O)C(NC(=O)C(N)CCC(N)=O)C(=O)NC(Cc1c[nH]c2ccccc12)C(=O)NCC(=O)O. The number of hydrogen-bond donors (Lipinski definition) is 8. The predicted octanol–water partition coefficient (Wildman–Crippen LogP) is -2.15. The number of nitrogens with two attached hydrogens (primary N) is 2. The van der Waals surface area contributed by atoms with Crippen LogP contribution >= 0.6 is 0 Å². The number of aliphatic carboxylic acids is 1. The molecule has 0 aliphatic heterocycles. The Morgan fingerprint density at radius 2 is 1.74 bits per heavy atom. The second kappa shape index (κ2) is 12.5. The van der Waals surface area contributed by atoms with Gasteiger partial charge >= 0.3 is 5.97 Å². The molecule has 0 saturated heterocycles. The topological polar surface area (TPSA) is 230 Å². The fourth-order valence-corrected chi connectivity index (χ4v) is 3.37. The van der Waals surface area contributed by atoms with E-state index < -0.39 is 60.4 Å². The zero-order valence-corrected chi connectivity index (χ0v) is 19.1. The van der Waals surface area contributed by atoms with Crippen molar-refractivity contribution in [1.82, 2.24) is 20.9 Å². The molecule has 2 rings (SSSR count). The minimum atomic E-state index is -1.47. The number of carboxylic acids is 1. The van der Waals surface area contributed by atoms with Crippen molar-refractivity contribution in [2.45, 2.75) is 50.4 Å². The molecule has 190 valence electrons. The van der Waals surface area contributed by atoms with Crippen LogP contribution in [0.1, 0.15) is 25.3 Å². The van der Waals surface area contributed by atoms with Gasteiger partial charge in [-0.2, -0.15) is 0 Å². The Balaban J connectivity index is 2.19. The highest BCUT2D eigenvalue weighted by molar-refractivity contribution is 5.94. The summed E-state index contributed by atoms with van der Waals surface area (Å²) in [7, 11) is 0. The molecule has 4 atom stereocenters. The highest BCUT2D eigenvalue weighted by Gasteiger charge is 2.31. The monoisotopic (exact) mass is 490 g/mol. The number of carbonyl (C=O) groups is 5. The number of H-pyrrole nitrogens is 1. The lowest BCUT2D eigenvalue weighted by molar-refractivity contribution is -0.138. The van der Waals surface area contributed by atoms with Crippen molar-refractivity contribution in [1.29, 1.82) is 0 Å². The molecule has 10 N–H and O–H groups in total. The normalized spacial score (nSPS) is 14.4. The molecule has 4 unspecified atom stereocenters. The van der Waals surface area contributed by atoms with Gasteiger partial charge in [0.05, 0.1) is 12.1 Å². The summed E-state index contributed by atoms with van der Waals surface area (Å²) in [6.07, 6.45) is 0.102. The van der Waals surface area contributed by atoms with Crippen molar-refractivity contribution in [3.63, 3.8) is 0 Å². The third kappa shape index (κ3) is 8.08. The van der Waals surface area contributed by atoms with Gasteiger partial charge in [0.2, 0.25) is 23.6 Å². The Labute approximate surface area is 200 Å². The van der Waals surface area contributed by atoms with E-state index in [0.717, 1.165) is 10.9 Å². The van der Waals surface area contributed by atoms with Gasteiger partial charge in [0.1, 0.15) is 18.6 Å². The lowest BCUT2D eigenvalue weighted by atomic mass is 10.0. The fraction of sp³-hybridized carbons (Fsp3) is 0.409. The summed E-state index contributed by atoms with van der Waals surface area (Å²) >= 11 is 0. The molecule has 1 heterocycles. The number of rotatable bonds is 13. The number of aromatic nitrogens is 1. The second-order valence-electron chi connectivity index (χ2n) is 8.07. The number of aliphatic hydroxyl groups excluding tert-OH is 1. The van der Waals surface area contributed by atoms with Gasteiger partial charge in [-0.15, -0.1) is 0 Å². The molecule has 0 aliphatic carbocycles. The number of amides is 4. The average molecular weight is 491 g/mol. The van der Waals surface area contributed by atoms with E-state index in [0.29, 0.717) is 5.56 Å². The quantitative estimate of drug-likeness (QED) is 0.154. The first-order valence-corrected chi connectivity index (χ1v) is 10.9. The fourth-order valence-electron chi connectivity index (χ4n) is 3.37. The van der Waals surface area contributed by atoms with Gasteiger partial charge in [-0.05, 0) is 25.0 Å². The number of aliphatic hydroxyl groups is 1. The van der Waals surface area contributed by atoms with Crippen LogP contribution in [0.2, 0.25) is 0 Å². The maximum absolute atomic E-state index is 12.9. The van der Waals surface area contributed by atoms with Crippen molar-refractivity contribution in [3.05, 3.63) is 36.0 Å². The molecule has 0 bridgehead atoms. The number of hydrogen-bond acceptors (Lipinski definition) is 7. The molecular weight excluding hydrogens is 460 g/mol. The van der Waals surface area contributed by atoms with Crippen molar-refractivity contribution >= 4 is 40.5 Å². The summed E-state index contributed by atoms with van der Waals surface area (Å²) < 4.78 is 0. The molecule has 13 heteroatoms. The van der Waals surface area contributed by atoms with Crippen LogP contribution in [0.25, 0.3) is 10.9 Å². The van der Waals surface area contributed by atoms with E-state index in [9.17, 15) is 29.1 Å². The van der Waals surface area contributed by atoms with Crippen LogP contribution in [0.4, 0.5) is 0 Å². The molecule has 0 aliphatic rings. The average Bonchev–Trinajstić information content (AvgIpc) is 3.21. The number of aromatic amines is 1. The highest BCUT2D eigenvalue weighted by Crippen LogP contribution is 2.19. The number of primary amides is 1. The Hall–Kier alpha value is -3.97. The summed E-state index contributed by atoms with van der Waals surface area (Å²) in [5.74, 6) is -4.36. The van der Waals surface area contributed by atoms with Crippen LogP contribution < -0.4 is 27.4 Å². The Morgan fingerprint density at radius 3 is 2.37 bits per heavy atom. The van der Waals surface area contributed by atoms with Crippen molar-refractivity contribution in [2.75, 3.05) is 6.54 Å². The lowest BCUT2D eigenvalue weighted by Crippen LogP contribution is -2.59. The van der Waals surface area contributed by atoms with E-state index in [1.807, 2.05) is 18.2 Å². The van der Waals surface area contributed by atoms with Crippen LogP contribution in [-0.2, 0) is 30.4 Å². The standard InChI is InChI=1S/C22H30N6O7/c1-11(29)19(28-20(33)14(23)6-7-17(24)30)22(35)27-16(21(34)26-10-18(31)32)8-12-9-25-15-5-3-2-4-13(12)15/h2-5,9,11,14,16,19,25,29H,6-8,10,23H2,1H3,(H2,24,30)(H,26,34)(H,27,35)(H,28,33)(H,31,32). The van der Waals surface area contributed by atoms with Gasteiger partial charge in [-0.1, -0.05) is 18.2 Å². The molecule has 4 amide bonds. The third-order valence-corrected chi connectivity index (χ3v) is 5.25. The Kier molecular flexibility index (Phi) is 9.73. The number of benzene rings is 1. The molecular formula is C22H30N6O7. The molecule has 0 fully saturated rings. The van der Waals surface area contributed by atoms with Gasteiger partial charge in [-0.3, -0.25) is 24.0 Å².